The molecule has 0 radical (unpaired) electrons. The highest BCUT2D eigenvalue weighted by molar-refractivity contribution is 7.17. The smallest absolute Gasteiger partial charge is 0.263 e. The Morgan fingerprint density at radius 2 is 1.77 bits per heavy atom. The zero-order valence-corrected chi connectivity index (χ0v) is 21.5. The number of anilines is 4. The first kappa shape index (κ1) is 22.5. The third kappa shape index (κ3) is 4.29. The molecular weight excluding hydrogens is 482 g/mol. The number of aromatic nitrogens is 1. The fraction of sp³-hybridized carbons (Fsp3) is 0.385. The van der Waals surface area contributed by atoms with Gasteiger partial charge in [0.25, 0.3) is 5.91 Å². The van der Waals surface area contributed by atoms with Gasteiger partial charge in [-0.05, 0) is 50.2 Å². The summed E-state index contributed by atoms with van der Waals surface area (Å²) in [4.78, 5) is 25.3. The number of thiazole rings is 1. The average Bonchev–Trinajstić information content (AvgIpc) is 3.26. The van der Waals surface area contributed by atoms with Gasteiger partial charge in [0.2, 0.25) is 0 Å². The highest BCUT2D eigenvalue weighted by Crippen LogP contribution is 2.42. The Balaban J connectivity index is 1.24. The summed E-state index contributed by atoms with van der Waals surface area (Å²) in [6.45, 7) is 9.08. The summed E-state index contributed by atoms with van der Waals surface area (Å²) in [6.07, 6.45) is 0.735. The third-order valence-electron chi connectivity index (χ3n) is 6.81. The number of amides is 1. The zero-order valence-electron chi connectivity index (χ0n) is 19.9. The molecule has 182 valence electrons. The Bertz CT molecular complexity index is 1280. The Morgan fingerprint density at radius 3 is 2.51 bits per heavy atom. The van der Waals surface area contributed by atoms with Gasteiger partial charge < -0.3 is 24.8 Å². The number of carbonyl (C=O) groups excluding carboxylic acids is 1. The van der Waals surface area contributed by atoms with Crippen molar-refractivity contribution in [2.24, 2.45) is 0 Å². The summed E-state index contributed by atoms with van der Waals surface area (Å²) in [5.41, 5.74) is 3.96. The van der Waals surface area contributed by atoms with Crippen LogP contribution in [0.4, 0.5) is 22.2 Å². The van der Waals surface area contributed by atoms with Crippen molar-refractivity contribution in [3.63, 3.8) is 0 Å². The number of hydrogen-bond acceptors (Lipinski definition) is 7. The van der Waals surface area contributed by atoms with E-state index in [1.54, 1.807) is 0 Å². The SMILES string of the molecule is CC1(C)Cc2nc(N3CCOc4ccc(N5CCN(c6cccc(Cl)c6)CC5)cc43)sc2C(=O)N1. The quantitative estimate of drug-likeness (QED) is 0.551. The van der Waals surface area contributed by atoms with E-state index in [9.17, 15) is 4.79 Å². The molecule has 1 aromatic heterocycles. The highest BCUT2D eigenvalue weighted by Gasteiger charge is 2.35. The molecule has 9 heteroatoms. The van der Waals surface area contributed by atoms with Crippen LogP contribution < -0.4 is 24.8 Å². The van der Waals surface area contributed by atoms with E-state index in [4.69, 9.17) is 21.3 Å². The van der Waals surface area contributed by atoms with Gasteiger partial charge in [-0.3, -0.25) is 4.79 Å². The van der Waals surface area contributed by atoms with Crippen LogP contribution in [0.3, 0.4) is 0 Å². The largest absolute Gasteiger partial charge is 0.490 e. The van der Waals surface area contributed by atoms with Crippen molar-refractivity contribution in [2.45, 2.75) is 25.8 Å². The van der Waals surface area contributed by atoms with Crippen LogP contribution in [0.2, 0.25) is 5.02 Å². The first-order valence-corrected chi connectivity index (χ1v) is 13.2. The van der Waals surface area contributed by atoms with E-state index in [1.165, 1.54) is 22.7 Å². The van der Waals surface area contributed by atoms with Crippen LogP contribution >= 0.6 is 22.9 Å². The fourth-order valence-corrected chi connectivity index (χ4v) is 6.28. The van der Waals surface area contributed by atoms with Gasteiger partial charge in [-0.15, -0.1) is 0 Å². The Morgan fingerprint density at radius 1 is 1.03 bits per heavy atom. The second-order valence-corrected chi connectivity index (χ2v) is 11.3. The van der Waals surface area contributed by atoms with Gasteiger partial charge in [-0.25, -0.2) is 4.98 Å². The minimum atomic E-state index is -0.279. The number of carbonyl (C=O) groups is 1. The molecular formula is C26H28ClN5O2S. The molecule has 0 bridgehead atoms. The van der Waals surface area contributed by atoms with E-state index in [0.29, 0.717) is 13.2 Å². The van der Waals surface area contributed by atoms with E-state index in [-0.39, 0.29) is 11.4 Å². The summed E-state index contributed by atoms with van der Waals surface area (Å²) in [6, 6.07) is 14.5. The van der Waals surface area contributed by atoms with Crippen LogP contribution in [-0.4, -0.2) is 55.8 Å². The molecule has 0 atom stereocenters. The Labute approximate surface area is 214 Å². The lowest BCUT2D eigenvalue weighted by Crippen LogP contribution is -2.48. The first-order valence-electron chi connectivity index (χ1n) is 12.0. The second-order valence-electron chi connectivity index (χ2n) is 9.89. The number of benzene rings is 2. The van der Waals surface area contributed by atoms with E-state index in [1.807, 2.05) is 32.0 Å². The van der Waals surface area contributed by atoms with E-state index in [2.05, 4.69) is 44.3 Å². The molecule has 7 nitrogen and oxygen atoms in total. The van der Waals surface area contributed by atoms with Crippen molar-refractivity contribution < 1.29 is 9.53 Å². The van der Waals surface area contributed by atoms with Gasteiger partial charge in [0.15, 0.2) is 5.13 Å². The first-order chi connectivity index (χ1) is 16.9. The predicted octanol–water partition coefficient (Wildman–Crippen LogP) is 4.72. The monoisotopic (exact) mass is 509 g/mol. The topological polar surface area (TPSA) is 60.9 Å². The molecule has 0 spiro atoms. The molecule has 1 amide bonds. The maximum Gasteiger partial charge on any atom is 0.263 e. The molecule has 3 aliphatic rings. The predicted molar refractivity (Wildman–Crippen MR) is 142 cm³/mol. The molecule has 3 aliphatic heterocycles. The number of piperazine rings is 1. The van der Waals surface area contributed by atoms with Crippen molar-refractivity contribution in [1.82, 2.24) is 10.3 Å². The number of fused-ring (bicyclic) bond motifs is 2. The number of rotatable bonds is 3. The highest BCUT2D eigenvalue weighted by atomic mass is 35.5. The van der Waals surface area contributed by atoms with Gasteiger partial charge >= 0.3 is 0 Å². The van der Waals surface area contributed by atoms with E-state index < -0.39 is 0 Å². The van der Waals surface area contributed by atoms with Crippen LogP contribution in [0.1, 0.15) is 29.2 Å². The van der Waals surface area contributed by atoms with Crippen molar-refractivity contribution in [2.75, 3.05) is 54.0 Å². The zero-order chi connectivity index (χ0) is 24.2. The molecule has 6 rings (SSSR count). The minimum absolute atomic E-state index is 0.0280. The van der Waals surface area contributed by atoms with Gasteiger partial charge in [-0.2, -0.15) is 0 Å². The molecule has 1 saturated heterocycles. The maximum atomic E-state index is 12.6. The van der Waals surface area contributed by atoms with Crippen LogP contribution in [0, 0.1) is 0 Å². The van der Waals surface area contributed by atoms with Crippen LogP contribution in [0.25, 0.3) is 0 Å². The average molecular weight is 510 g/mol. The summed E-state index contributed by atoms with van der Waals surface area (Å²) in [7, 11) is 0. The van der Waals surface area contributed by atoms with E-state index in [0.717, 1.165) is 64.8 Å². The van der Waals surface area contributed by atoms with Crippen LogP contribution in [0.5, 0.6) is 5.75 Å². The number of halogens is 1. The number of ether oxygens (including phenoxy) is 1. The molecule has 35 heavy (non-hydrogen) atoms. The van der Waals surface area contributed by atoms with Crippen molar-refractivity contribution in [3.8, 4) is 5.75 Å². The van der Waals surface area contributed by atoms with E-state index >= 15 is 0 Å². The molecule has 0 saturated carbocycles. The summed E-state index contributed by atoms with van der Waals surface area (Å²) in [5, 5.41) is 4.71. The van der Waals surface area contributed by atoms with Crippen molar-refractivity contribution >= 4 is 51.0 Å². The minimum Gasteiger partial charge on any atom is -0.490 e. The molecule has 0 unspecified atom stereocenters. The molecule has 3 aromatic rings. The lowest BCUT2D eigenvalue weighted by molar-refractivity contribution is 0.0901. The molecule has 2 aromatic carbocycles. The number of nitrogens with one attached hydrogen (secondary N) is 1. The second kappa shape index (κ2) is 8.60. The molecule has 1 N–H and O–H groups in total. The molecule has 0 aliphatic carbocycles. The van der Waals surface area contributed by atoms with Crippen molar-refractivity contribution in [3.05, 3.63) is 58.1 Å². The number of hydrogen-bond donors (Lipinski definition) is 1. The summed E-state index contributed by atoms with van der Waals surface area (Å²) in [5.74, 6) is 0.829. The Kier molecular flexibility index (Phi) is 5.53. The normalized spacial score (nSPS) is 19.1. The van der Waals surface area contributed by atoms with Gasteiger partial charge in [-0.1, -0.05) is 29.0 Å². The fourth-order valence-electron chi connectivity index (χ4n) is 5.08. The van der Waals surface area contributed by atoms with Gasteiger partial charge in [0, 0.05) is 54.5 Å². The molecule has 1 fully saturated rings. The third-order valence-corrected chi connectivity index (χ3v) is 8.16. The standard InChI is InChI=1S/C26H28ClN5O2S/c1-26(2)16-20-23(24(33)29-26)35-25(28-20)32-12-13-34-22-7-6-19(15-21(22)32)31-10-8-30(9-11-31)18-5-3-4-17(27)14-18/h3-7,14-15H,8-13,16H2,1-2H3,(H,29,33). The molecule has 4 heterocycles. The summed E-state index contributed by atoms with van der Waals surface area (Å²) < 4.78 is 5.98. The van der Waals surface area contributed by atoms with Crippen LogP contribution in [-0.2, 0) is 6.42 Å². The summed E-state index contributed by atoms with van der Waals surface area (Å²) >= 11 is 7.67. The lowest BCUT2D eigenvalue weighted by Gasteiger charge is -2.38. The van der Waals surface area contributed by atoms with Crippen molar-refractivity contribution in [1.29, 1.82) is 0 Å². The van der Waals surface area contributed by atoms with Crippen LogP contribution in [0.15, 0.2) is 42.5 Å². The lowest BCUT2D eigenvalue weighted by atomic mass is 9.94. The maximum absolute atomic E-state index is 12.6. The number of nitrogens with zero attached hydrogens (tertiary/aromatic N) is 4. The Hall–Kier alpha value is -2.97. The van der Waals surface area contributed by atoms with Gasteiger partial charge in [0.1, 0.15) is 17.2 Å². The van der Waals surface area contributed by atoms with Gasteiger partial charge in [0.05, 0.1) is 17.9 Å².